The Balaban J connectivity index is 2.50. The van der Waals surface area contributed by atoms with Crippen LogP contribution in [0.1, 0.15) is 59.9 Å². The molecular weight excluding hydrogens is 509 g/mol. The molecule has 0 N–H and O–H groups in total. The first kappa shape index (κ1) is 31.7. The highest BCUT2D eigenvalue weighted by atomic mass is 32.2. The van der Waals surface area contributed by atoms with Gasteiger partial charge in [-0.2, -0.15) is 8.42 Å². The minimum absolute atomic E-state index is 0.00740. The SMILES string of the molecule is C[SiH](C)OC([C@H]1[C@@H](O[Si](C)(C)C(C)(C)C)C[C@H](OCc2ccccc2)C[C@H]1OS(C)(=O)=O)C(C)(C)C. The van der Waals surface area contributed by atoms with Crippen molar-refractivity contribution in [2.24, 2.45) is 11.3 Å². The average molecular weight is 559 g/mol. The zero-order valence-electron chi connectivity index (χ0n) is 24.3. The van der Waals surface area contributed by atoms with Gasteiger partial charge in [0, 0.05) is 12.3 Å². The summed E-state index contributed by atoms with van der Waals surface area (Å²) >= 11 is 0. The number of ether oxygens (including phenoxy) is 1. The molecule has 208 valence electrons. The minimum atomic E-state index is -3.69. The fourth-order valence-corrected chi connectivity index (χ4v) is 7.85. The molecule has 0 aromatic heterocycles. The van der Waals surface area contributed by atoms with Gasteiger partial charge < -0.3 is 13.6 Å². The molecule has 0 heterocycles. The van der Waals surface area contributed by atoms with Crippen molar-refractivity contribution in [1.82, 2.24) is 0 Å². The summed E-state index contributed by atoms with van der Waals surface area (Å²) in [6.07, 6.45) is 1.11. The molecule has 9 heteroatoms. The fraction of sp³-hybridized carbons (Fsp3) is 0.778. The second-order valence-electron chi connectivity index (χ2n) is 13.2. The smallest absolute Gasteiger partial charge is 0.264 e. The Morgan fingerprint density at radius 1 is 1.00 bits per heavy atom. The van der Waals surface area contributed by atoms with Gasteiger partial charge in [0.15, 0.2) is 17.4 Å². The van der Waals surface area contributed by atoms with Gasteiger partial charge in [-0.3, -0.25) is 4.18 Å². The van der Waals surface area contributed by atoms with E-state index in [1.54, 1.807) is 0 Å². The Kier molecular flexibility index (Phi) is 10.6. The van der Waals surface area contributed by atoms with Crippen molar-refractivity contribution < 1.29 is 26.2 Å². The van der Waals surface area contributed by atoms with Gasteiger partial charge in [-0.1, -0.05) is 71.9 Å². The van der Waals surface area contributed by atoms with Crippen molar-refractivity contribution in [2.75, 3.05) is 6.26 Å². The highest BCUT2D eigenvalue weighted by Crippen LogP contribution is 2.45. The van der Waals surface area contributed by atoms with E-state index in [0.717, 1.165) is 11.8 Å². The van der Waals surface area contributed by atoms with E-state index in [2.05, 4.69) is 67.7 Å². The Bertz CT molecular complexity index is 922. The van der Waals surface area contributed by atoms with Gasteiger partial charge >= 0.3 is 0 Å². The van der Waals surface area contributed by atoms with Gasteiger partial charge in [0.1, 0.15) is 0 Å². The van der Waals surface area contributed by atoms with Crippen LogP contribution in [0.15, 0.2) is 30.3 Å². The maximum atomic E-state index is 12.4. The van der Waals surface area contributed by atoms with E-state index in [-0.39, 0.29) is 34.7 Å². The van der Waals surface area contributed by atoms with Gasteiger partial charge in [0.2, 0.25) is 0 Å². The zero-order valence-corrected chi connectivity index (χ0v) is 27.3. The lowest BCUT2D eigenvalue weighted by atomic mass is 9.71. The predicted octanol–water partition coefficient (Wildman–Crippen LogP) is 6.13. The molecule has 0 saturated heterocycles. The van der Waals surface area contributed by atoms with E-state index >= 15 is 0 Å². The van der Waals surface area contributed by atoms with E-state index in [9.17, 15) is 8.42 Å². The van der Waals surface area contributed by atoms with Crippen molar-refractivity contribution in [2.45, 2.75) is 117 Å². The van der Waals surface area contributed by atoms with Crippen LogP contribution in [0.5, 0.6) is 0 Å². The highest BCUT2D eigenvalue weighted by molar-refractivity contribution is 7.86. The molecule has 1 unspecified atom stereocenters. The van der Waals surface area contributed by atoms with E-state index in [0.29, 0.717) is 19.4 Å². The molecule has 5 atom stereocenters. The van der Waals surface area contributed by atoms with Crippen molar-refractivity contribution in [3.63, 3.8) is 0 Å². The summed E-state index contributed by atoms with van der Waals surface area (Å²) in [5.41, 5.74) is 0.872. The van der Waals surface area contributed by atoms with Gasteiger partial charge in [-0.05, 0) is 48.6 Å². The summed E-state index contributed by atoms with van der Waals surface area (Å²) in [7, 11) is -7.33. The molecule has 1 aromatic carbocycles. The van der Waals surface area contributed by atoms with Crippen LogP contribution in [0.2, 0.25) is 31.2 Å². The van der Waals surface area contributed by atoms with Crippen molar-refractivity contribution in [1.29, 1.82) is 0 Å². The normalized spacial score (nSPS) is 25.2. The molecule has 1 saturated carbocycles. The molecule has 0 aliphatic heterocycles. The monoisotopic (exact) mass is 558 g/mol. The third kappa shape index (κ3) is 9.32. The first-order chi connectivity index (χ1) is 16.3. The first-order valence-electron chi connectivity index (χ1n) is 13.2. The van der Waals surface area contributed by atoms with E-state index in [4.69, 9.17) is 17.8 Å². The molecule has 36 heavy (non-hydrogen) atoms. The van der Waals surface area contributed by atoms with Crippen molar-refractivity contribution in [3.05, 3.63) is 35.9 Å². The summed E-state index contributed by atoms with van der Waals surface area (Å²) < 4.78 is 50.8. The van der Waals surface area contributed by atoms with E-state index < -0.39 is 33.6 Å². The highest BCUT2D eigenvalue weighted by Gasteiger charge is 2.51. The molecular formula is C27H50O6SSi2. The topological polar surface area (TPSA) is 71.1 Å². The first-order valence-corrected chi connectivity index (χ1v) is 20.7. The van der Waals surface area contributed by atoms with E-state index in [1.807, 2.05) is 30.3 Å². The molecule has 6 nitrogen and oxygen atoms in total. The molecule has 1 aromatic rings. The third-order valence-corrected chi connectivity index (χ3v) is 13.3. The molecule has 2 rings (SSSR count). The molecule has 0 spiro atoms. The third-order valence-electron chi connectivity index (χ3n) is 7.35. The quantitative estimate of drug-likeness (QED) is 0.254. The second kappa shape index (κ2) is 12.1. The van der Waals surface area contributed by atoms with Crippen LogP contribution in [0.4, 0.5) is 0 Å². The van der Waals surface area contributed by atoms with Crippen LogP contribution in [-0.2, 0) is 34.5 Å². The summed E-state index contributed by atoms with van der Waals surface area (Å²) in [6, 6.07) is 10.1. The van der Waals surface area contributed by atoms with Crippen molar-refractivity contribution in [3.8, 4) is 0 Å². The van der Waals surface area contributed by atoms with Gasteiger partial charge in [-0.25, -0.2) is 0 Å². The maximum Gasteiger partial charge on any atom is 0.264 e. The van der Waals surface area contributed by atoms with Gasteiger partial charge in [-0.15, -0.1) is 0 Å². The van der Waals surface area contributed by atoms with Crippen LogP contribution < -0.4 is 0 Å². The minimum Gasteiger partial charge on any atom is -0.417 e. The zero-order chi connectivity index (χ0) is 27.5. The average Bonchev–Trinajstić information content (AvgIpc) is 2.68. The lowest BCUT2D eigenvalue weighted by Gasteiger charge is -2.51. The summed E-state index contributed by atoms with van der Waals surface area (Å²) in [5, 5.41) is 0.00740. The lowest BCUT2D eigenvalue weighted by Crippen LogP contribution is -2.58. The van der Waals surface area contributed by atoms with Crippen molar-refractivity contribution >= 4 is 27.5 Å². The molecule has 1 aliphatic carbocycles. The number of hydrogen-bond acceptors (Lipinski definition) is 6. The second-order valence-corrected chi connectivity index (χ2v) is 21.9. The molecule has 1 aliphatic rings. The number of hydrogen-bond donors (Lipinski definition) is 0. The fourth-order valence-electron chi connectivity index (χ4n) is 4.66. The van der Waals surface area contributed by atoms with Crippen LogP contribution in [0, 0.1) is 11.3 Å². The van der Waals surface area contributed by atoms with Crippen LogP contribution in [0.25, 0.3) is 0 Å². The van der Waals surface area contributed by atoms with Gasteiger partial charge in [0.05, 0.1) is 37.3 Å². The van der Waals surface area contributed by atoms with E-state index in [1.165, 1.54) is 0 Å². The van der Waals surface area contributed by atoms with Crippen LogP contribution in [-0.4, -0.2) is 56.4 Å². The molecule has 0 bridgehead atoms. The predicted molar refractivity (Wildman–Crippen MR) is 153 cm³/mol. The largest absolute Gasteiger partial charge is 0.417 e. The van der Waals surface area contributed by atoms with Crippen LogP contribution >= 0.6 is 0 Å². The standard InChI is InChI=1S/C27H50O6SSi2/c1-26(2,3)25(32-35(8)9)24-22(31-34(7,28)29)17-21(30-19-20-15-13-12-14-16-20)18-23(24)33-36(10,11)27(4,5)6/h12-16,21-25,35H,17-19H2,1-11H3/t21-,22-,23+,24-,25?/m1/s1. The number of benzene rings is 1. The summed E-state index contributed by atoms with van der Waals surface area (Å²) in [4.78, 5) is 0. The summed E-state index contributed by atoms with van der Waals surface area (Å²) in [5.74, 6) is -0.222. The molecule has 1 fully saturated rings. The Labute approximate surface area is 223 Å². The Morgan fingerprint density at radius 3 is 2.03 bits per heavy atom. The maximum absolute atomic E-state index is 12.4. The Hall–Kier alpha value is -0.556. The summed E-state index contributed by atoms with van der Waals surface area (Å²) in [6.45, 7) is 22.4. The number of rotatable bonds is 10. The van der Waals surface area contributed by atoms with Gasteiger partial charge in [0.25, 0.3) is 10.1 Å². The molecule has 0 radical (unpaired) electrons. The Morgan fingerprint density at radius 2 is 1.56 bits per heavy atom. The molecule has 0 amide bonds. The lowest BCUT2D eigenvalue weighted by molar-refractivity contribution is -0.131. The van der Waals surface area contributed by atoms with Crippen LogP contribution in [0.3, 0.4) is 0 Å².